The molecule has 1 heterocycles. The third kappa shape index (κ3) is 6.57. The van der Waals surface area contributed by atoms with Crippen LogP contribution in [0.4, 0.5) is 5.69 Å². The maximum absolute atomic E-state index is 12.9. The van der Waals surface area contributed by atoms with Gasteiger partial charge in [-0.3, -0.25) is 14.5 Å². The van der Waals surface area contributed by atoms with E-state index in [1.807, 2.05) is 12.1 Å². The molecule has 2 aromatic rings. The Labute approximate surface area is 190 Å². The molecule has 0 aromatic heterocycles. The van der Waals surface area contributed by atoms with Crippen LogP contribution in [0.15, 0.2) is 42.5 Å². The number of piperidine rings is 1. The molecule has 1 saturated heterocycles. The Hall–Kier alpha value is -2.86. The van der Waals surface area contributed by atoms with E-state index in [2.05, 4.69) is 36.2 Å². The summed E-state index contributed by atoms with van der Waals surface area (Å²) in [6, 6.07) is 13.3. The standard InChI is InChI=1S/C26H34N2O4/c1-18(2)13-19-5-7-20(8-6-19)26(30)21-9-11-28(12-10-21)17-25(29)27-22-14-23(31-3)16-24(15-22)32-4/h5-8,14-16,18,21H,9-13,17H2,1-4H3,(H,27,29). The number of rotatable bonds is 9. The molecule has 1 fully saturated rings. The summed E-state index contributed by atoms with van der Waals surface area (Å²) in [7, 11) is 3.15. The number of ether oxygens (including phenoxy) is 2. The van der Waals surface area contributed by atoms with Gasteiger partial charge in [0.15, 0.2) is 5.78 Å². The smallest absolute Gasteiger partial charge is 0.238 e. The average Bonchev–Trinajstić information content (AvgIpc) is 2.78. The Kier molecular flexibility index (Phi) is 8.28. The first kappa shape index (κ1) is 23.8. The highest BCUT2D eigenvalue weighted by molar-refractivity contribution is 5.98. The molecule has 1 amide bonds. The van der Waals surface area contributed by atoms with Gasteiger partial charge in [0.05, 0.1) is 20.8 Å². The summed E-state index contributed by atoms with van der Waals surface area (Å²) in [5.41, 5.74) is 2.70. The molecule has 0 radical (unpaired) electrons. The third-order valence-electron chi connectivity index (χ3n) is 5.84. The fourth-order valence-corrected chi connectivity index (χ4v) is 4.15. The first-order valence-electron chi connectivity index (χ1n) is 11.3. The van der Waals surface area contributed by atoms with Crippen molar-refractivity contribution >= 4 is 17.4 Å². The summed E-state index contributed by atoms with van der Waals surface area (Å²) in [4.78, 5) is 27.5. The van der Waals surface area contributed by atoms with Gasteiger partial charge in [0.2, 0.25) is 5.91 Å². The molecule has 32 heavy (non-hydrogen) atoms. The number of Topliss-reactive ketones (excluding diaryl/α,β-unsaturated/α-hetero) is 1. The fraction of sp³-hybridized carbons (Fsp3) is 0.462. The normalized spacial score (nSPS) is 14.9. The van der Waals surface area contributed by atoms with Gasteiger partial charge in [-0.15, -0.1) is 0 Å². The van der Waals surface area contributed by atoms with E-state index in [-0.39, 0.29) is 17.6 Å². The van der Waals surface area contributed by atoms with E-state index < -0.39 is 0 Å². The minimum Gasteiger partial charge on any atom is -0.497 e. The molecule has 6 heteroatoms. The highest BCUT2D eigenvalue weighted by Gasteiger charge is 2.26. The molecule has 0 bridgehead atoms. The van der Waals surface area contributed by atoms with E-state index >= 15 is 0 Å². The molecule has 2 aromatic carbocycles. The molecule has 0 aliphatic carbocycles. The van der Waals surface area contributed by atoms with Gasteiger partial charge in [-0.25, -0.2) is 0 Å². The van der Waals surface area contributed by atoms with E-state index in [1.54, 1.807) is 32.4 Å². The van der Waals surface area contributed by atoms with Gasteiger partial charge in [0, 0.05) is 35.4 Å². The Morgan fingerprint density at radius 1 is 1.00 bits per heavy atom. The number of carbonyl (C=O) groups excluding carboxylic acids is 2. The summed E-state index contributed by atoms with van der Waals surface area (Å²) in [6.07, 6.45) is 2.57. The quantitative estimate of drug-likeness (QED) is 0.587. The molecule has 6 nitrogen and oxygen atoms in total. The topological polar surface area (TPSA) is 67.9 Å². The molecule has 1 N–H and O–H groups in total. The van der Waals surface area contributed by atoms with Crippen LogP contribution < -0.4 is 14.8 Å². The summed E-state index contributed by atoms with van der Waals surface area (Å²) in [6.45, 7) is 6.15. The lowest BCUT2D eigenvalue weighted by molar-refractivity contribution is -0.117. The molecular weight excluding hydrogens is 404 g/mol. The monoisotopic (exact) mass is 438 g/mol. The molecule has 1 aliphatic heterocycles. The van der Waals surface area contributed by atoms with Crippen molar-refractivity contribution in [3.63, 3.8) is 0 Å². The van der Waals surface area contributed by atoms with E-state index in [9.17, 15) is 9.59 Å². The number of hydrogen-bond donors (Lipinski definition) is 1. The van der Waals surface area contributed by atoms with Gasteiger partial charge < -0.3 is 14.8 Å². The number of benzene rings is 2. The number of amides is 1. The lowest BCUT2D eigenvalue weighted by Gasteiger charge is -2.30. The zero-order chi connectivity index (χ0) is 23.1. The van der Waals surface area contributed by atoms with Gasteiger partial charge in [-0.2, -0.15) is 0 Å². The zero-order valence-corrected chi connectivity index (χ0v) is 19.5. The first-order chi connectivity index (χ1) is 15.4. The van der Waals surface area contributed by atoms with Crippen molar-refractivity contribution in [3.8, 4) is 11.5 Å². The highest BCUT2D eigenvalue weighted by atomic mass is 16.5. The van der Waals surface area contributed by atoms with E-state index in [0.29, 0.717) is 29.6 Å². The molecule has 0 saturated carbocycles. The zero-order valence-electron chi connectivity index (χ0n) is 19.5. The predicted octanol–water partition coefficient (Wildman–Crippen LogP) is 4.44. The number of methoxy groups -OCH3 is 2. The summed E-state index contributed by atoms with van der Waals surface area (Å²) in [5.74, 6) is 1.99. The molecule has 1 aliphatic rings. The number of anilines is 1. The number of carbonyl (C=O) groups is 2. The average molecular weight is 439 g/mol. The fourth-order valence-electron chi connectivity index (χ4n) is 4.15. The molecule has 0 spiro atoms. The summed E-state index contributed by atoms with van der Waals surface area (Å²) in [5, 5.41) is 2.91. The maximum atomic E-state index is 12.9. The largest absolute Gasteiger partial charge is 0.497 e. The molecule has 3 rings (SSSR count). The van der Waals surface area contributed by atoms with E-state index in [1.165, 1.54) is 5.56 Å². The summed E-state index contributed by atoms with van der Waals surface area (Å²) < 4.78 is 10.5. The number of hydrogen-bond acceptors (Lipinski definition) is 5. The number of ketones is 1. The number of nitrogens with one attached hydrogen (secondary N) is 1. The van der Waals surface area contributed by atoms with Crippen LogP contribution in [0.5, 0.6) is 11.5 Å². The molecule has 0 atom stereocenters. The van der Waals surface area contributed by atoms with Gasteiger partial charge >= 0.3 is 0 Å². The molecule has 0 unspecified atom stereocenters. The second-order valence-corrected chi connectivity index (χ2v) is 8.86. The second kappa shape index (κ2) is 11.1. The molecule has 172 valence electrons. The van der Waals surface area contributed by atoms with Crippen molar-refractivity contribution in [1.82, 2.24) is 4.90 Å². The minimum absolute atomic E-state index is 0.0212. The molecular formula is C26H34N2O4. The van der Waals surface area contributed by atoms with Crippen LogP contribution >= 0.6 is 0 Å². The third-order valence-corrected chi connectivity index (χ3v) is 5.84. The van der Waals surface area contributed by atoms with Crippen LogP contribution in [0.2, 0.25) is 0 Å². The Balaban J connectivity index is 1.49. The van der Waals surface area contributed by atoms with Crippen molar-refractivity contribution in [2.45, 2.75) is 33.1 Å². The van der Waals surface area contributed by atoms with Crippen molar-refractivity contribution in [1.29, 1.82) is 0 Å². The van der Waals surface area contributed by atoms with Crippen LogP contribution in [0.1, 0.15) is 42.6 Å². The number of nitrogens with zero attached hydrogens (tertiary/aromatic N) is 1. The minimum atomic E-state index is -0.0918. The Bertz CT molecular complexity index is 894. The van der Waals surface area contributed by atoms with Gasteiger partial charge in [-0.05, 0) is 43.8 Å². The van der Waals surface area contributed by atoms with Crippen LogP contribution in [-0.2, 0) is 11.2 Å². The Morgan fingerprint density at radius 3 is 2.12 bits per heavy atom. The van der Waals surface area contributed by atoms with Crippen molar-refractivity contribution in [3.05, 3.63) is 53.6 Å². The van der Waals surface area contributed by atoms with Crippen molar-refractivity contribution < 1.29 is 19.1 Å². The van der Waals surface area contributed by atoms with Gasteiger partial charge in [-0.1, -0.05) is 38.1 Å². The highest BCUT2D eigenvalue weighted by Crippen LogP contribution is 2.26. The van der Waals surface area contributed by atoms with Crippen LogP contribution in [-0.4, -0.2) is 50.4 Å². The maximum Gasteiger partial charge on any atom is 0.238 e. The van der Waals surface area contributed by atoms with Gasteiger partial charge in [0.1, 0.15) is 11.5 Å². The van der Waals surface area contributed by atoms with Crippen molar-refractivity contribution in [2.24, 2.45) is 11.8 Å². The van der Waals surface area contributed by atoms with Crippen LogP contribution in [0.3, 0.4) is 0 Å². The van der Waals surface area contributed by atoms with E-state index in [0.717, 1.165) is 37.9 Å². The lowest BCUT2D eigenvalue weighted by atomic mass is 9.88. The Morgan fingerprint density at radius 2 is 1.59 bits per heavy atom. The van der Waals surface area contributed by atoms with Crippen LogP contribution in [0.25, 0.3) is 0 Å². The lowest BCUT2D eigenvalue weighted by Crippen LogP contribution is -2.40. The van der Waals surface area contributed by atoms with Gasteiger partial charge in [0.25, 0.3) is 0 Å². The number of likely N-dealkylation sites (tertiary alicyclic amines) is 1. The summed E-state index contributed by atoms with van der Waals surface area (Å²) >= 11 is 0. The van der Waals surface area contributed by atoms with Crippen molar-refractivity contribution in [2.75, 3.05) is 39.2 Å². The van der Waals surface area contributed by atoms with Crippen LogP contribution in [0, 0.1) is 11.8 Å². The van der Waals surface area contributed by atoms with E-state index in [4.69, 9.17) is 9.47 Å². The second-order valence-electron chi connectivity index (χ2n) is 8.86. The first-order valence-corrected chi connectivity index (χ1v) is 11.3. The predicted molar refractivity (Wildman–Crippen MR) is 127 cm³/mol. The SMILES string of the molecule is COc1cc(NC(=O)CN2CCC(C(=O)c3ccc(CC(C)C)cc3)CC2)cc(OC)c1.